The van der Waals surface area contributed by atoms with E-state index in [9.17, 15) is 4.79 Å². The Labute approximate surface area is 130 Å². The zero-order chi connectivity index (χ0) is 15.1. The molecular formula is C17H20N2OS. The fourth-order valence-corrected chi connectivity index (χ4v) is 2.94. The van der Waals surface area contributed by atoms with E-state index in [1.54, 1.807) is 6.08 Å². The van der Waals surface area contributed by atoms with Crippen LogP contribution in [0.1, 0.15) is 12.0 Å². The highest BCUT2D eigenvalue weighted by molar-refractivity contribution is 8.03. The maximum atomic E-state index is 12.4. The molecule has 0 aliphatic carbocycles. The van der Waals surface area contributed by atoms with Crippen molar-refractivity contribution < 1.29 is 4.79 Å². The summed E-state index contributed by atoms with van der Waals surface area (Å²) in [5.74, 6) is 0.542. The number of carbonyl (C=O) groups excluding carboxylic acids is 1. The van der Waals surface area contributed by atoms with Crippen LogP contribution in [0.25, 0.3) is 0 Å². The molecular weight excluding hydrogens is 280 g/mol. The van der Waals surface area contributed by atoms with Gasteiger partial charge in [0.05, 0.1) is 5.75 Å². The van der Waals surface area contributed by atoms with E-state index < -0.39 is 0 Å². The van der Waals surface area contributed by atoms with E-state index in [1.165, 1.54) is 23.5 Å². The Bertz CT molecular complexity index is 578. The third-order valence-electron chi connectivity index (χ3n) is 3.30. The molecule has 1 aliphatic rings. The number of benzene rings is 1. The Morgan fingerprint density at radius 2 is 2.19 bits per heavy atom. The number of anilines is 1. The molecule has 110 valence electrons. The highest BCUT2D eigenvalue weighted by atomic mass is 32.2. The number of aryl methyl sites for hydroxylation is 1. The van der Waals surface area contributed by atoms with Crippen molar-refractivity contribution in [2.75, 3.05) is 17.2 Å². The van der Waals surface area contributed by atoms with E-state index in [-0.39, 0.29) is 5.91 Å². The van der Waals surface area contributed by atoms with Gasteiger partial charge in [-0.25, -0.2) is 0 Å². The summed E-state index contributed by atoms with van der Waals surface area (Å²) >= 11 is 1.46. The summed E-state index contributed by atoms with van der Waals surface area (Å²) in [6.07, 6.45) is 8.93. The van der Waals surface area contributed by atoms with Crippen molar-refractivity contribution in [1.29, 1.82) is 0 Å². The summed E-state index contributed by atoms with van der Waals surface area (Å²) in [6.45, 7) is 4.72. The van der Waals surface area contributed by atoms with Gasteiger partial charge in [0.2, 0.25) is 5.91 Å². The number of amides is 1. The number of hydrogen-bond donors (Lipinski definition) is 1. The number of para-hydroxylation sites is 1. The predicted molar refractivity (Wildman–Crippen MR) is 91.2 cm³/mol. The predicted octanol–water partition coefficient (Wildman–Crippen LogP) is 3.24. The zero-order valence-corrected chi connectivity index (χ0v) is 12.8. The van der Waals surface area contributed by atoms with E-state index in [2.05, 4.69) is 12.6 Å². The average Bonchev–Trinajstić information content (AvgIpc) is 2.52. The molecule has 1 aromatic carbocycles. The van der Waals surface area contributed by atoms with Crippen LogP contribution in [-0.4, -0.2) is 18.2 Å². The van der Waals surface area contributed by atoms with Crippen LogP contribution in [0.5, 0.6) is 0 Å². The minimum Gasteiger partial charge on any atom is -0.405 e. The van der Waals surface area contributed by atoms with Crippen molar-refractivity contribution in [3.8, 4) is 0 Å². The first-order valence-electron chi connectivity index (χ1n) is 6.97. The van der Waals surface area contributed by atoms with Crippen molar-refractivity contribution in [2.24, 2.45) is 5.73 Å². The number of nitrogens with zero attached hydrogens (tertiary/aromatic N) is 1. The summed E-state index contributed by atoms with van der Waals surface area (Å²) in [7, 11) is 0. The third kappa shape index (κ3) is 4.26. The largest absolute Gasteiger partial charge is 0.405 e. The number of thioether (sulfide) groups is 1. The molecule has 1 heterocycles. The second-order valence-corrected chi connectivity index (χ2v) is 5.88. The molecule has 0 bridgehead atoms. The van der Waals surface area contributed by atoms with Gasteiger partial charge in [0.15, 0.2) is 0 Å². The van der Waals surface area contributed by atoms with Crippen LogP contribution < -0.4 is 10.6 Å². The van der Waals surface area contributed by atoms with Crippen molar-refractivity contribution in [3.05, 3.63) is 65.7 Å². The second kappa shape index (κ2) is 7.74. The lowest BCUT2D eigenvalue weighted by atomic mass is 10.0. The van der Waals surface area contributed by atoms with Crippen molar-refractivity contribution in [1.82, 2.24) is 0 Å². The molecule has 1 aliphatic heterocycles. The fourth-order valence-electron chi connectivity index (χ4n) is 2.30. The van der Waals surface area contributed by atoms with Crippen LogP contribution in [-0.2, 0) is 11.2 Å². The lowest BCUT2D eigenvalue weighted by Gasteiger charge is -2.29. The topological polar surface area (TPSA) is 46.3 Å². The molecule has 1 amide bonds. The number of rotatable bonds is 5. The lowest BCUT2D eigenvalue weighted by Crippen LogP contribution is -2.36. The van der Waals surface area contributed by atoms with Crippen molar-refractivity contribution >= 4 is 23.4 Å². The van der Waals surface area contributed by atoms with Crippen LogP contribution in [0, 0.1) is 0 Å². The summed E-state index contributed by atoms with van der Waals surface area (Å²) in [4.78, 5) is 15.1. The minimum absolute atomic E-state index is 0.135. The van der Waals surface area contributed by atoms with Crippen LogP contribution >= 0.6 is 11.8 Å². The van der Waals surface area contributed by atoms with E-state index in [0.29, 0.717) is 5.75 Å². The number of allylic oxidation sites excluding steroid dienone is 3. The van der Waals surface area contributed by atoms with Gasteiger partial charge >= 0.3 is 0 Å². The zero-order valence-electron chi connectivity index (χ0n) is 12.0. The van der Waals surface area contributed by atoms with E-state index in [1.807, 2.05) is 35.3 Å². The molecule has 0 atom stereocenters. The smallest absolute Gasteiger partial charge is 0.237 e. The van der Waals surface area contributed by atoms with Crippen LogP contribution in [0.15, 0.2) is 60.2 Å². The quantitative estimate of drug-likeness (QED) is 0.849. The van der Waals surface area contributed by atoms with Gasteiger partial charge in [0.25, 0.3) is 0 Å². The standard InChI is InChI=1S/C17H20N2OS/c1-14(7-4-5-11-18)21-13-17(20)19-12-6-9-15-8-2-3-10-16(15)19/h2-5,7-8,10-11H,1,6,9,12-13,18H2/b7-4-,11-5-. The van der Waals surface area contributed by atoms with Crippen LogP contribution in [0.2, 0.25) is 0 Å². The molecule has 4 heteroatoms. The molecule has 0 unspecified atom stereocenters. The molecule has 1 aromatic rings. The maximum Gasteiger partial charge on any atom is 0.237 e. The molecule has 0 radical (unpaired) electrons. The van der Waals surface area contributed by atoms with Crippen molar-refractivity contribution in [2.45, 2.75) is 12.8 Å². The first-order valence-corrected chi connectivity index (χ1v) is 7.96. The van der Waals surface area contributed by atoms with E-state index >= 15 is 0 Å². The highest BCUT2D eigenvalue weighted by Crippen LogP contribution is 2.27. The molecule has 21 heavy (non-hydrogen) atoms. The second-order valence-electron chi connectivity index (χ2n) is 4.78. The van der Waals surface area contributed by atoms with Crippen LogP contribution in [0.4, 0.5) is 5.69 Å². The number of fused-ring (bicyclic) bond motifs is 1. The van der Waals surface area contributed by atoms with Crippen LogP contribution in [0.3, 0.4) is 0 Å². The summed E-state index contributed by atoms with van der Waals surface area (Å²) in [6, 6.07) is 8.14. The molecule has 0 saturated heterocycles. The van der Waals surface area contributed by atoms with Gasteiger partial charge < -0.3 is 10.6 Å². The molecule has 2 rings (SSSR count). The Balaban J connectivity index is 1.94. The van der Waals surface area contributed by atoms with Gasteiger partial charge in [0, 0.05) is 17.1 Å². The van der Waals surface area contributed by atoms with Gasteiger partial charge in [0.1, 0.15) is 0 Å². The van der Waals surface area contributed by atoms with E-state index in [0.717, 1.165) is 30.0 Å². The Morgan fingerprint density at radius 3 is 3.00 bits per heavy atom. The third-order valence-corrected chi connectivity index (χ3v) is 4.19. The first kappa shape index (κ1) is 15.4. The molecule has 0 saturated carbocycles. The van der Waals surface area contributed by atoms with Gasteiger partial charge in [-0.2, -0.15) is 0 Å². The fraction of sp³-hybridized carbons (Fsp3) is 0.235. The number of carbonyl (C=O) groups is 1. The Morgan fingerprint density at radius 1 is 1.38 bits per heavy atom. The molecule has 2 N–H and O–H groups in total. The number of hydrogen-bond acceptors (Lipinski definition) is 3. The maximum absolute atomic E-state index is 12.4. The summed E-state index contributed by atoms with van der Waals surface area (Å²) < 4.78 is 0. The molecule has 0 fully saturated rings. The van der Waals surface area contributed by atoms with Gasteiger partial charge in [-0.1, -0.05) is 30.9 Å². The van der Waals surface area contributed by atoms with Gasteiger partial charge in [-0.05, 0) is 42.8 Å². The lowest BCUT2D eigenvalue weighted by molar-refractivity contribution is -0.116. The van der Waals surface area contributed by atoms with Gasteiger partial charge in [-0.3, -0.25) is 4.79 Å². The number of nitrogens with two attached hydrogens (primary N) is 1. The SMILES string of the molecule is C=C(/C=C\C=C/N)SCC(=O)N1CCCc2ccccc21. The Hall–Kier alpha value is -1.94. The molecule has 3 nitrogen and oxygen atoms in total. The monoisotopic (exact) mass is 300 g/mol. The normalized spacial score (nSPS) is 14.6. The molecule has 0 spiro atoms. The van der Waals surface area contributed by atoms with Gasteiger partial charge in [-0.15, -0.1) is 11.8 Å². The highest BCUT2D eigenvalue weighted by Gasteiger charge is 2.21. The van der Waals surface area contributed by atoms with E-state index in [4.69, 9.17) is 5.73 Å². The first-order chi connectivity index (χ1) is 10.2. The Kier molecular flexibility index (Phi) is 5.69. The average molecular weight is 300 g/mol. The summed E-state index contributed by atoms with van der Waals surface area (Å²) in [5, 5.41) is 0. The molecule has 0 aromatic heterocycles. The summed E-state index contributed by atoms with van der Waals surface area (Å²) in [5.41, 5.74) is 7.57. The minimum atomic E-state index is 0.135. The van der Waals surface area contributed by atoms with Crippen molar-refractivity contribution in [3.63, 3.8) is 0 Å².